The third-order valence-electron chi connectivity index (χ3n) is 4.79. The van der Waals surface area contributed by atoms with Crippen LogP contribution in [0.1, 0.15) is 5.56 Å². The summed E-state index contributed by atoms with van der Waals surface area (Å²) in [6.07, 6.45) is 1.70. The Hall–Kier alpha value is -4.15. The Morgan fingerprint density at radius 3 is 2.48 bits per heavy atom. The molecule has 1 aliphatic rings. The van der Waals surface area contributed by atoms with Crippen molar-refractivity contribution in [3.8, 4) is 0 Å². The molecule has 2 heterocycles. The van der Waals surface area contributed by atoms with Crippen LogP contribution in [0.3, 0.4) is 0 Å². The quantitative estimate of drug-likeness (QED) is 0.484. The van der Waals surface area contributed by atoms with Crippen molar-refractivity contribution in [2.75, 3.05) is 11.4 Å². The van der Waals surface area contributed by atoms with Gasteiger partial charge in [-0.05, 0) is 24.1 Å². The summed E-state index contributed by atoms with van der Waals surface area (Å²) < 4.78 is 1.10. The van der Waals surface area contributed by atoms with Gasteiger partial charge in [0, 0.05) is 36.5 Å². The molecule has 3 aromatic rings. The van der Waals surface area contributed by atoms with Gasteiger partial charge in [0.25, 0.3) is 16.9 Å². The Morgan fingerprint density at radius 1 is 1.07 bits per heavy atom. The summed E-state index contributed by atoms with van der Waals surface area (Å²) in [5.74, 6) is -0.383. The number of nitro benzene ring substituents is 2. The number of hydrogen-bond acceptors (Lipinski definition) is 7. The Balaban J connectivity index is 1.64. The molecule has 29 heavy (non-hydrogen) atoms. The Labute approximate surface area is 162 Å². The van der Waals surface area contributed by atoms with E-state index < -0.39 is 15.4 Å². The first-order chi connectivity index (χ1) is 13.8. The second kappa shape index (κ2) is 6.78. The van der Waals surface area contributed by atoms with Crippen LogP contribution in [-0.2, 0) is 17.8 Å². The number of hydrogen-bond donors (Lipinski definition) is 0. The molecule has 2 aromatic carbocycles. The van der Waals surface area contributed by atoms with Gasteiger partial charge in [0.15, 0.2) is 0 Å². The second-order valence-electron chi connectivity index (χ2n) is 6.50. The van der Waals surface area contributed by atoms with Crippen molar-refractivity contribution in [1.82, 2.24) is 9.55 Å². The lowest BCUT2D eigenvalue weighted by Gasteiger charge is -2.18. The Morgan fingerprint density at radius 2 is 1.76 bits per heavy atom. The fourth-order valence-electron chi connectivity index (χ4n) is 3.37. The van der Waals surface area contributed by atoms with Crippen molar-refractivity contribution in [2.24, 2.45) is 0 Å². The first kappa shape index (κ1) is 18.2. The van der Waals surface area contributed by atoms with E-state index in [0.717, 1.165) is 10.6 Å². The number of non-ortho nitro benzene ring substituents is 2. The maximum atomic E-state index is 12.8. The predicted octanol–water partition coefficient (Wildman–Crippen LogP) is 1.80. The van der Waals surface area contributed by atoms with E-state index >= 15 is 0 Å². The summed E-state index contributed by atoms with van der Waals surface area (Å²) in [5.41, 5.74) is 0.702. The highest BCUT2D eigenvalue weighted by atomic mass is 16.6. The van der Waals surface area contributed by atoms with Crippen molar-refractivity contribution < 1.29 is 14.6 Å². The number of carbonyl (C=O) groups excluding carboxylic acids is 1. The highest BCUT2D eigenvalue weighted by Crippen LogP contribution is 2.31. The average molecular weight is 395 g/mol. The topological polar surface area (TPSA) is 141 Å². The van der Waals surface area contributed by atoms with Crippen LogP contribution in [-0.4, -0.2) is 31.8 Å². The van der Waals surface area contributed by atoms with Crippen LogP contribution in [0.2, 0.25) is 0 Å². The van der Waals surface area contributed by atoms with Crippen LogP contribution >= 0.6 is 0 Å². The molecule has 146 valence electrons. The number of aromatic nitrogens is 2. The smallest absolute Gasteiger partial charge is 0.270 e. The molecule has 4 rings (SSSR count). The molecule has 1 aliphatic heterocycles. The summed E-state index contributed by atoms with van der Waals surface area (Å²) >= 11 is 0. The molecule has 0 spiro atoms. The van der Waals surface area contributed by atoms with E-state index in [2.05, 4.69) is 4.98 Å². The number of nitrogens with zero attached hydrogens (tertiary/aromatic N) is 5. The van der Waals surface area contributed by atoms with E-state index in [4.69, 9.17) is 0 Å². The number of amides is 1. The fourth-order valence-corrected chi connectivity index (χ4v) is 3.37. The predicted molar refractivity (Wildman–Crippen MR) is 102 cm³/mol. The summed E-state index contributed by atoms with van der Waals surface area (Å²) in [7, 11) is 0. The van der Waals surface area contributed by atoms with Gasteiger partial charge in [0.1, 0.15) is 6.54 Å². The molecule has 11 heteroatoms. The summed E-state index contributed by atoms with van der Waals surface area (Å²) in [6.45, 7) is 0.0391. The summed E-state index contributed by atoms with van der Waals surface area (Å²) in [6, 6.07) is 8.05. The lowest BCUT2D eigenvalue weighted by atomic mass is 10.1. The largest absolute Gasteiger partial charge is 0.310 e. The van der Waals surface area contributed by atoms with Crippen LogP contribution in [0, 0.1) is 20.2 Å². The Bertz CT molecular complexity index is 1250. The number of carbonyl (C=O) groups is 1. The molecule has 11 nitrogen and oxygen atoms in total. The lowest BCUT2D eigenvalue weighted by molar-refractivity contribution is -0.385. The van der Waals surface area contributed by atoms with Crippen molar-refractivity contribution in [2.45, 2.75) is 13.0 Å². The minimum absolute atomic E-state index is 0.0467. The molecular formula is C18H13N5O6. The van der Waals surface area contributed by atoms with Crippen molar-refractivity contribution in [3.05, 3.63) is 78.9 Å². The molecular weight excluding hydrogens is 382 g/mol. The van der Waals surface area contributed by atoms with E-state index in [1.54, 1.807) is 0 Å². The normalized spacial score (nSPS) is 12.8. The zero-order valence-corrected chi connectivity index (χ0v) is 14.8. The molecule has 0 aliphatic carbocycles. The van der Waals surface area contributed by atoms with E-state index in [-0.39, 0.29) is 29.2 Å². The van der Waals surface area contributed by atoms with Gasteiger partial charge < -0.3 is 4.90 Å². The van der Waals surface area contributed by atoms with Crippen molar-refractivity contribution >= 4 is 33.9 Å². The highest BCUT2D eigenvalue weighted by molar-refractivity contribution is 5.95. The summed E-state index contributed by atoms with van der Waals surface area (Å²) in [4.78, 5) is 51.7. The minimum atomic E-state index is -0.609. The molecule has 0 radical (unpaired) electrons. The highest BCUT2D eigenvalue weighted by Gasteiger charge is 2.27. The SMILES string of the molecule is O=C(Cn1cnc2ccc([N+](=O)[O-])cc2c1=O)N1CCc2cc([N+](=O)[O-])ccc21. The molecule has 0 saturated heterocycles. The minimum Gasteiger partial charge on any atom is -0.310 e. The number of nitro groups is 2. The molecule has 0 bridgehead atoms. The van der Waals surface area contributed by atoms with Gasteiger partial charge in [0.05, 0.1) is 27.1 Å². The van der Waals surface area contributed by atoms with Gasteiger partial charge in [-0.15, -0.1) is 0 Å². The fraction of sp³-hybridized carbons (Fsp3) is 0.167. The molecule has 0 atom stereocenters. The van der Waals surface area contributed by atoms with Gasteiger partial charge in [0.2, 0.25) is 5.91 Å². The molecule has 1 aromatic heterocycles. The molecule has 0 unspecified atom stereocenters. The standard InChI is InChI=1S/C18H13N5O6/c24-17(21-6-5-11-7-12(22(26)27)2-4-16(11)21)9-20-10-19-15-3-1-13(23(28)29)8-14(15)18(20)25/h1-4,7-8,10H,5-6,9H2. The van der Waals surface area contributed by atoms with Crippen molar-refractivity contribution in [1.29, 1.82) is 0 Å². The van der Waals surface area contributed by atoms with Gasteiger partial charge >= 0.3 is 0 Å². The molecule has 0 fully saturated rings. The van der Waals surface area contributed by atoms with E-state index in [1.165, 1.54) is 41.6 Å². The average Bonchev–Trinajstić information content (AvgIpc) is 3.13. The number of rotatable bonds is 4. The van der Waals surface area contributed by atoms with E-state index in [9.17, 15) is 29.8 Å². The van der Waals surface area contributed by atoms with Crippen molar-refractivity contribution in [3.63, 3.8) is 0 Å². The van der Waals surface area contributed by atoms with E-state index in [0.29, 0.717) is 29.7 Å². The Kier molecular flexibility index (Phi) is 4.26. The zero-order chi connectivity index (χ0) is 20.7. The maximum absolute atomic E-state index is 12.8. The van der Waals surface area contributed by atoms with Crippen LogP contribution in [0.4, 0.5) is 17.1 Å². The van der Waals surface area contributed by atoms with Crippen LogP contribution in [0.5, 0.6) is 0 Å². The second-order valence-corrected chi connectivity index (χ2v) is 6.50. The third kappa shape index (κ3) is 3.18. The maximum Gasteiger partial charge on any atom is 0.270 e. The number of benzene rings is 2. The zero-order valence-electron chi connectivity index (χ0n) is 14.8. The molecule has 0 N–H and O–H groups in total. The first-order valence-electron chi connectivity index (χ1n) is 8.56. The molecule has 0 saturated carbocycles. The summed E-state index contributed by atoms with van der Waals surface area (Å²) in [5, 5.41) is 21.9. The molecule has 1 amide bonds. The van der Waals surface area contributed by atoms with Gasteiger partial charge in [-0.25, -0.2) is 4.98 Å². The van der Waals surface area contributed by atoms with E-state index in [1.807, 2.05) is 0 Å². The number of fused-ring (bicyclic) bond motifs is 2. The monoisotopic (exact) mass is 395 g/mol. The van der Waals surface area contributed by atoms with Gasteiger partial charge in [-0.1, -0.05) is 0 Å². The lowest BCUT2D eigenvalue weighted by Crippen LogP contribution is -2.35. The third-order valence-corrected chi connectivity index (χ3v) is 4.79. The van der Waals surface area contributed by atoms with Crippen LogP contribution in [0.15, 0.2) is 47.5 Å². The van der Waals surface area contributed by atoms with Crippen LogP contribution in [0.25, 0.3) is 10.9 Å². The van der Waals surface area contributed by atoms with Crippen LogP contribution < -0.4 is 10.5 Å². The van der Waals surface area contributed by atoms with Gasteiger partial charge in [-0.3, -0.25) is 34.4 Å². The van der Waals surface area contributed by atoms with Gasteiger partial charge in [-0.2, -0.15) is 0 Å². The number of anilines is 1. The first-order valence-corrected chi connectivity index (χ1v) is 8.56.